The molecule has 1 amide bonds. The molecule has 1 atom stereocenters. The SMILES string of the molecule is O=C(Cc1ccccc1)C1CCCN(C(=O)Cc2cccc(F)c2)C1. The first-order valence-electron chi connectivity index (χ1n) is 8.70. The van der Waals surface area contributed by atoms with Gasteiger partial charge in [-0.15, -0.1) is 0 Å². The molecule has 25 heavy (non-hydrogen) atoms. The third kappa shape index (κ3) is 4.75. The molecular formula is C21H22FNO2. The van der Waals surface area contributed by atoms with Crippen molar-refractivity contribution in [2.45, 2.75) is 25.7 Å². The number of carbonyl (C=O) groups excluding carboxylic acids is 2. The highest BCUT2D eigenvalue weighted by Gasteiger charge is 2.28. The van der Waals surface area contributed by atoms with E-state index in [2.05, 4.69) is 0 Å². The lowest BCUT2D eigenvalue weighted by molar-refractivity contribution is -0.134. The Labute approximate surface area is 147 Å². The van der Waals surface area contributed by atoms with Crippen LogP contribution in [-0.2, 0) is 22.4 Å². The van der Waals surface area contributed by atoms with Crippen molar-refractivity contribution >= 4 is 11.7 Å². The molecule has 0 aliphatic carbocycles. The topological polar surface area (TPSA) is 37.4 Å². The Morgan fingerprint density at radius 2 is 1.76 bits per heavy atom. The van der Waals surface area contributed by atoms with Crippen LogP contribution in [0.15, 0.2) is 54.6 Å². The Balaban J connectivity index is 1.58. The maximum atomic E-state index is 13.3. The average molecular weight is 339 g/mol. The monoisotopic (exact) mass is 339 g/mol. The van der Waals surface area contributed by atoms with Crippen molar-refractivity contribution in [3.8, 4) is 0 Å². The van der Waals surface area contributed by atoms with Crippen molar-refractivity contribution in [1.82, 2.24) is 4.90 Å². The standard InChI is InChI=1S/C21H22FNO2/c22-19-10-4-8-17(12-19)14-21(25)23-11-5-9-18(15-23)20(24)13-16-6-2-1-3-7-16/h1-4,6-8,10,12,18H,5,9,11,13-15H2. The van der Waals surface area contributed by atoms with Gasteiger partial charge in [-0.1, -0.05) is 42.5 Å². The minimum Gasteiger partial charge on any atom is -0.342 e. The summed E-state index contributed by atoms with van der Waals surface area (Å²) >= 11 is 0. The van der Waals surface area contributed by atoms with Gasteiger partial charge in [-0.25, -0.2) is 4.39 Å². The van der Waals surface area contributed by atoms with Gasteiger partial charge in [-0.3, -0.25) is 9.59 Å². The molecule has 2 aromatic rings. The number of nitrogens with zero attached hydrogens (tertiary/aromatic N) is 1. The molecule has 2 aromatic carbocycles. The van der Waals surface area contributed by atoms with E-state index >= 15 is 0 Å². The quantitative estimate of drug-likeness (QED) is 0.837. The Hall–Kier alpha value is -2.49. The van der Waals surface area contributed by atoms with Crippen molar-refractivity contribution in [3.05, 3.63) is 71.5 Å². The molecule has 0 radical (unpaired) electrons. The molecule has 1 heterocycles. The number of benzene rings is 2. The van der Waals surface area contributed by atoms with Crippen LogP contribution in [0, 0.1) is 11.7 Å². The van der Waals surface area contributed by atoms with E-state index in [4.69, 9.17) is 0 Å². The number of carbonyl (C=O) groups is 2. The first kappa shape index (κ1) is 17.3. The van der Waals surface area contributed by atoms with E-state index in [1.165, 1.54) is 12.1 Å². The first-order valence-corrected chi connectivity index (χ1v) is 8.70. The largest absolute Gasteiger partial charge is 0.342 e. The van der Waals surface area contributed by atoms with E-state index in [9.17, 15) is 14.0 Å². The molecule has 1 aliphatic rings. The van der Waals surface area contributed by atoms with Crippen molar-refractivity contribution in [3.63, 3.8) is 0 Å². The van der Waals surface area contributed by atoms with Crippen LogP contribution in [0.25, 0.3) is 0 Å². The summed E-state index contributed by atoms with van der Waals surface area (Å²) in [5.74, 6) is -0.289. The predicted molar refractivity (Wildman–Crippen MR) is 94.6 cm³/mol. The predicted octanol–water partition coefficient (Wildman–Crippen LogP) is 3.42. The summed E-state index contributed by atoms with van der Waals surface area (Å²) in [5.41, 5.74) is 1.68. The van der Waals surface area contributed by atoms with Crippen molar-refractivity contribution in [1.29, 1.82) is 0 Å². The van der Waals surface area contributed by atoms with Gasteiger partial charge in [0.2, 0.25) is 5.91 Å². The summed E-state index contributed by atoms with van der Waals surface area (Å²) < 4.78 is 13.3. The van der Waals surface area contributed by atoms with E-state index < -0.39 is 0 Å². The maximum Gasteiger partial charge on any atom is 0.227 e. The number of rotatable bonds is 5. The molecule has 3 nitrogen and oxygen atoms in total. The van der Waals surface area contributed by atoms with Gasteiger partial charge in [0, 0.05) is 25.4 Å². The van der Waals surface area contributed by atoms with Gasteiger partial charge in [0.05, 0.1) is 6.42 Å². The fraction of sp³-hybridized carbons (Fsp3) is 0.333. The molecule has 4 heteroatoms. The van der Waals surface area contributed by atoms with Crippen molar-refractivity contribution < 1.29 is 14.0 Å². The fourth-order valence-electron chi connectivity index (χ4n) is 3.34. The number of amides is 1. The second kappa shape index (κ2) is 8.06. The van der Waals surface area contributed by atoms with Crippen LogP contribution in [0.4, 0.5) is 4.39 Å². The summed E-state index contributed by atoms with van der Waals surface area (Å²) in [5, 5.41) is 0. The van der Waals surface area contributed by atoms with Crippen LogP contribution in [-0.4, -0.2) is 29.7 Å². The normalized spacial score (nSPS) is 17.3. The van der Waals surface area contributed by atoms with E-state index in [1.54, 1.807) is 17.0 Å². The lowest BCUT2D eigenvalue weighted by atomic mass is 9.90. The molecule has 3 rings (SSSR count). The van der Waals surface area contributed by atoms with Crippen LogP contribution in [0.2, 0.25) is 0 Å². The second-order valence-electron chi connectivity index (χ2n) is 6.61. The summed E-state index contributed by atoms with van der Waals surface area (Å²) in [7, 11) is 0. The molecule has 0 bridgehead atoms. The Morgan fingerprint density at radius 3 is 2.52 bits per heavy atom. The Kier molecular flexibility index (Phi) is 5.59. The lowest BCUT2D eigenvalue weighted by Crippen LogP contribution is -2.43. The van der Waals surface area contributed by atoms with Gasteiger partial charge in [0.15, 0.2) is 0 Å². The number of hydrogen-bond donors (Lipinski definition) is 0. The Bertz CT molecular complexity index is 745. The molecule has 0 spiro atoms. The first-order chi connectivity index (χ1) is 12.1. The smallest absolute Gasteiger partial charge is 0.227 e. The number of hydrogen-bond acceptors (Lipinski definition) is 2. The van der Waals surface area contributed by atoms with E-state index in [0.717, 1.165) is 18.4 Å². The lowest BCUT2D eigenvalue weighted by Gasteiger charge is -2.32. The van der Waals surface area contributed by atoms with Crippen molar-refractivity contribution in [2.75, 3.05) is 13.1 Å². The molecule has 0 saturated carbocycles. The zero-order valence-corrected chi connectivity index (χ0v) is 14.2. The molecule has 130 valence electrons. The molecule has 0 N–H and O–H groups in total. The highest BCUT2D eigenvalue weighted by Crippen LogP contribution is 2.20. The van der Waals surface area contributed by atoms with Gasteiger partial charge in [-0.2, -0.15) is 0 Å². The van der Waals surface area contributed by atoms with Gasteiger partial charge in [0.1, 0.15) is 11.6 Å². The summed E-state index contributed by atoms with van der Waals surface area (Å²) in [6.07, 6.45) is 2.25. The average Bonchev–Trinajstić information content (AvgIpc) is 2.62. The highest BCUT2D eigenvalue weighted by molar-refractivity contribution is 5.85. The van der Waals surface area contributed by atoms with Gasteiger partial charge in [-0.05, 0) is 36.1 Å². The molecule has 1 unspecified atom stereocenters. The van der Waals surface area contributed by atoms with Crippen LogP contribution in [0.3, 0.4) is 0 Å². The minimum atomic E-state index is -0.333. The molecule has 1 saturated heterocycles. The number of piperidine rings is 1. The molecule has 0 aromatic heterocycles. The van der Waals surface area contributed by atoms with Crippen LogP contribution < -0.4 is 0 Å². The number of Topliss-reactive ketones (excluding diaryl/α,β-unsaturated/α-hetero) is 1. The minimum absolute atomic E-state index is 0.0391. The van der Waals surface area contributed by atoms with E-state index in [1.807, 2.05) is 30.3 Å². The van der Waals surface area contributed by atoms with E-state index in [0.29, 0.717) is 25.1 Å². The summed E-state index contributed by atoms with van der Waals surface area (Å²) in [6, 6.07) is 15.8. The number of likely N-dealkylation sites (tertiary alicyclic amines) is 1. The van der Waals surface area contributed by atoms with Gasteiger partial charge >= 0.3 is 0 Å². The van der Waals surface area contributed by atoms with Crippen LogP contribution >= 0.6 is 0 Å². The van der Waals surface area contributed by atoms with Crippen LogP contribution in [0.5, 0.6) is 0 Å². The maximum absolute atomic E-state index is 13.3. The summed E-state index contributed by atoms with van der Waals surface area (Å²) in [6.45, 7) is 1.14. The van der Waals surface area contributed by atoms with Crippen molar-refractivity contribution in [2.24, 2.45) is 5.92 Å². The zero-order chi connectivity index (χ0) is 17.6. The third-order valence-electron chi connectivity index (χ3n) is 4.69. The zero-order valence-electron chi connectivity index (χ0n) is 14.2. The summed E-state index contributed by atoms with van der Waals surface area (Å²) in [4.78, 5) is 26.8. The third-order valence-corrected chi connectivity index (χ3v) is 4.69. The van der Waals surface area contributed by atoms with E-state index in [-0.39, 0.29) is 29.8 Å². The number of halogens is 1. The van der Waals surface area contributed by atoms with Gasteiger partial charge in [0.25, 0.3) is 0 Å². The highest BCUT2D eigenvalue weighted by atomic mass is 19.1. The number of ketones is 1. The second-order valence-corrected chi connectivity index (χ2v) is 6.61. The fourth-order valence-corrected chi connectivity index (χ4v) is 3.34. The van der Waals surface area contributed by atoms with Crippen LogP contribution in [0.1, 0.15) is 24.0 Å². The Morgan fingerprint density at radius 1 is 1.00 bits per heavy atom. The molecule has 1 aliphatic heterocycles. The molecule has 1 fully saturated rings. The van der Waals surface area contributed by atoms with Gasteiger partial charge < -0.3 is 4.90 Å². The molecular weight excluding hydrogens is 317 g/mol.